The molecule has 1 saturated heterocycles. The van der Waals surface area contributed by atoms with E-state index in [1.807, 2.05) is 48.5 Å². The van der Waals surface area contributed by atoms with E-state index in [0.717, 1.165) is 35.1 Å². The number of carboxylic acids is 1. The first kappa shape index (κ1) is 22.4. The number of carboxylic acid groups (broad SMARTS) is 1. The van der Waals surface area contributed by atoms with E-state index in [1.165, 1.54) is 0 Å². The lowest BCUT2D eigenvalue weighted by atomic mass is 9.97. The fourth-order valence-corrected chi connectivity index (χ4v) is 5.16. The number of hydrogen-bond acceptors (Lipinski definition) is 5. The highest BCUT2D eigenvalue weighted by Gasteiger charge is 2.41. The van der Waals surface area contributed by atoms with Gasteiger partial charge in [-0.15, -0.1) is 0 Å². The van der Waals surface area contributed by atoms with Gasteiger partial charge in [0.2, 0.25) is 5.91 Å². The van der Waals surface area contributed by atoms with E-state index in [1.54, 1.807) is 0 Å². The Morgan fingerprint density at radius 2 is 1.65 bits per heavy atom. The zero-order chi connectivity index (χ0) is 23.7. The molecule has 2 fully saturated rings. The van der Waals surface area contributed by atoms with Crippen LogP contribution in [0, 0.1) is 11.8 Å². The minimum absolute atomic E-state index is 0.0848. The normalized spacial score (nSPS) is 21.9. The molecule has 2 aromatic carbocycles. The maximum atomic E-state index is 12.8. The molecule has 3 unspecified atom stereocenters. The third kappa shape index (κ3) is 4.63. The van der Waals surface area contributed by atoms with Crippen molar-refractivity contribution < 1.29 is 29.0 Å². The number of amides is 2. The fraction of sp³-hybridized carbons (Fsp3) is 0.423. The maximum absolute atomic E-state index is 12.8. The second-order valence-electron chi connectivity index (χ2n) is 9.27. The number of hydrogen-bond donors (Lipinski definition) is 3. The van der Waals surface area contributed by atoms with Crippen LogP contribution in [0.15, 0.2) is 48.5 Å². The molecule has 0 spiro atoms. The van der Waals surface area contributed by atoms with E-state index in [0.29, 0.717) is 19.1 Å². The van der Waals surface area contributed by atoms with Crippen molar-refractivity contribution in [1.29, 1.82) is 0 Å². The molecule has 5 rings (SSSR count). The summed E-state index contributed by atoms with van der Waals surface area (Å²) < 4.78 is 11.0. The van der Waals surface area contributed by atoms with Crippen LogP contribution in [-0.2, 0) is 19.1 Å². The molecular weight excluding hydrogens is 436 g/mol. The maximum Gasteiger partial charge on any atom is 0.407 e. The Kier molecular flexibility index (Phi) is 6.24. The molecule has 8 nitrogen and oxygen atoms in total. The Morgan fingerprint density at radius 1 is 1.00 bits per heavy atom. The van der Waals surface area contributed by atoms with Crippen LogP contribution in [0.5, 0.6) is 0 Å². The van der Waals surface area contributed by atoms with Crippen molar-refractivity contribution >= 4 is 18.0 Å². The minimum Gasteiger partial charge on any atom is -0.481 e. The van der Waals surface area contributed by atoms with Crippen molar-refractivity contribution in [3.05, 3.63) is 59.7 Å². The number of nitrogens with one attached hydrogen (secondary N) is 2. The summed E-state index contributed by atoms with van der Waals surface area (Å²) >= 11 is 0. The Morgan fingerprint density at radius 3 is 2.26 bits per heavy atom. The predicted molar refractivity (Wildman–Crippen MR) is 123 cm³/mol. The minimum atomic E-state index is -1.23. The zero-order valence-corrected chi connectivity index (χ0v) is 18.7. The van der Waals surface area contributed by atoms with Gasteiger partial charge in [-0.1, -0.05) is 48.5 Å². The van der Waals surface area contributed by atoms with Crippen molar-refractivity contribution in [2.75, 3.05) is 19.8 Å². The number of carbonyl (C=O) groups excluding carboxylic acids is 2. The second kappa shape index (κ2) is 9.46. The average Bonchev–Trinajstić information content (AvgIpc) is 3.48. The topological polar surface area (TPSA) is 114 Å². The van der Waals surface area contributed by atoms with Gasteiger partial charge in [-0.25, -0.2) is 4.79 Å². The molecule has 3 N–H and O–H groups in total. The number of rotatable bonds is 8. The highest BCUT2D eigenvalue weighted by atomic mass is 16.5. The van der Waals surface area contributed by atoms with Crippen molar-refractivity contribution in [2.24, 2.45) is 11.8 Å². The molecule has 178 valence electrons. The average molecular weight is 465 g/mol. The first-order chi connectivity index (χ1) is 16.5. The van der Waals surface area contributed by atoms with E-state index >= 15 is 0 Å². The third-order valence-electron chi connectivity index (χ3n) is 7.01. The molecule has 2 aliphatic carbocycles. The molecule has 0 bridgehead atoms. The van der Waals surface area contributed by atoms with Crippen LogP contribution >= 0.6 is 0 Å². The summed E-state index contributed by atoms with van der Waals surface area (Å²) in [6.07, 6.45) is 0.899. The van der Waals surface area contributed by atoms with E-state index in [9.17, 15) is 19.5 Å². The van der Waals surface area contributed by atoms with Gasteiger partial charge >= 0.3 is 12.1 Å². The summed E-state index contributed by atoms with van der Waals surface area (Å²) in [5.41, 5.74) is 4.37. The van der Waals surface area contributed by atoms with Crippen LogP contribution in [0.4, 0.5) is 4.79 Å². The lowest BCUT2D eigenvalue weighted by Crippen LogP contribution is -2.52. The molecule has 8 heteroatoms. The summed E-state index contributed by atoms with van der Waals surface area (Å²) in [5.74, 6) is -1.05. The van der Waals surface area contributed by atoms with Crippen molar-refractivity contribution in [3.63, 3.8) is 0 Å². The second-order valence-corrected chi connectivity index (χ2v) is 9.27. The van der Waals surface area contributed by atoms with E-state index < -0.39 is 30.4 Å². The van der Waals surface area contributed by atoms with Crippen molar-refractivity contribution in [2.45, 2.75) is 37.3 Å². The van der Waals surface area contributed by atoms with E-state index in [2.05, 4.69) is 10.6 Å². The Hall–Kier alpha value is -3.39. The summed E-state index contributed by atoms with van der Waals surface area (Å²) in [5, 5.41) is 14.6. The van der Waals surface area contributed by atoms with Gasteiger partial charge < -0.3 is 25.2 Å². The van der Waals surface area contributed by atoms with Gasteiger partial charge in [0.05, 0.1) is 25.7 Å². The van der Waals surface area contributed by atoms with Crippen LogP contribution in [-0.4, -0.2) is 55.0 Å². The van der Waals surface area contributed by atoms with Gasteiger partial charge in [-0.2, -0.15) is 0 Å². The number of ether oxygens (including phenoxy) is 2. The summed E-state index contributed by atoms with van der Waals surface area (Å²) in [6, 6.07) is 14.6. The molecule has 0 radical (unpaired) electrons. The first-order valence-corrected chi connectivity index (χ1v) is 11.7. The molecular formula is C26H28N2O6. The van der Waals surface area contributed by atoms with E-state index in [4.69, 9.17) is 9.47 Å². The summed E-state index contributed by atoms with van der Waals surface area (Å²) in [4.78, 5) is 36.8. The van der Waals surface area contributed by atoms with Crippen LogP contribution in [0.25, 0.3) is 11.1 Å². The summed E-state index contributed by atoms with van der Waals surface area (Å²) in [6.45, 7) is 1.08. The molecule has 2 amide bonds. The predicted octanol–water partition coefficient (Wildman–Crippen LogP) is 2.91. The molecule has 3 aliphatic rings. The van der Waals surface area contributed by atoms with Crippen molar-refractivity contribution in [3.8, 4) is 11.1 Å². The molecule has 2 aromatic rings. The fourth-order valence-electron chi connectivity index (χ4n) is 5.16. The van der Waals surface area contributed by atoms with Crippen LogP contribution < -0.4 is 10.6 Å². The number of benzene rings is 2. The third-order valence-corrected chi connectivity index (χ3v) is 7.01. The van der Waals surface area contributed by atoms with Gasteiger partial charge in [0, 0.05) is 11.8 Å². The SMILES string of the molecule is O=C(O)CC(NC(=O)OCC1c2ccccc2-c2ccccc21)C(=O)NC1COCC1C1CC1. The molecule has 0 aromatic heterocycles. The first-order valence-electron chi connectivity index (χ1n) is 11.7. The number of fused-ring (bicyclic) bond motifs is 3. The molecule has 3 atom stereocenters. The highest BCUT2D eigenvalue weighted by Crippen LogP contribution is 2.44. The Labute approximate surface area is 197 Å². The van der Waals surface area contributed by atoms with Gasteiger partial charge in [-0.3, -0.25) is 9.59 Å². The van der Waals surface area contributed by atoms with Gasteiger partial charge in [0.25, 0.3) is 0 Å². The standard InChI is InChI=1S/C26H28N2O6/c29-24(30)11-22(25(31)27-23-14-33-12-20(23)15-9-10-15)28-26(32)34-13-21-18-7-3-1-5-16(18)17-6-2-4-8-19(17)21/h1-8,15,20-23H,9-14H2,(H,27,31)(H,28,32)(H,29,30). The largest absolute Gasteiger partial charge is 0.481 e. The molecule has 1 aliphatic heterocycles. The Bertz CT molecular complexity index is 1050. The number of carbonyl (C=O) groups is 3. The number of alkyl carbamates (subject to hydrolysis) is 1. The molecule has 1 heterocycles. The number of aliphatic carboxylic acids is 1. The van der Waals surface area contributed by atoms with Crippen LogP contribution in [0.1, 0.15) is 36.3 Å². The van der Waals surface area contributed by atoms with Crippen LogP contribution in [0.3, 0.4) is 0 Å². The summed E-state index contributed by atoms with van der Waals surface area (Å²) in [7, 11) is 0. The monoisotopic (exact) mass is 464 g/mol. The van der Waals surface area contributed by atoms with Gasteiger partial charge in [-0.05, 0) is 41.0 Å². The van der Waals surface area contributed by atoms with E-state index in [-0.39, 0.29) is 24.5 Å². The Balaban J connectivity index is 1.22. The quantitative estimate of drug-likeness (QED) is 0.554. The lowest BCUT2D eigenvalue weighted by Gasteiger charge is -2.23. The lowest BCUT2D eigenvalue weighted by molar-refractivity contribution is -0.140. The van der Waals surface area contributed by atoms with Gasteiger partial charge in [0.15, 0.2) is 0 Å². The zero-order valence-electron chi connectivity index (χ0n) is 18.7. The molecule has 1 saturated carbocycles. The molecule has 34 heavy (non-hydrogen) atoms. The van der Waals surface area contributed by atoms with Gasteiger partial charge in [0.1, 0.15) is 12.6 Å². The smallest absolute Gasteiger partial charge is 0.407 e. The van der Waals surface area contributed by atoms with Crippen LogP contribution in [0.2, 0.25) is 0 Å². The highest BCUT2D eigenvalue weighted by molar-refractivity contribution is 5.89. The van der Waals surface area contributed by atoms with Crippen molar-refractivity contribution in [1.82, 2.24) is 10.6 Å².